The molecule has 0 saturated carbocycles. The second-order valence-corrected chi connectivity index (χ2v) is 7.67. The van der Waals surface area contributed by atoms with Crippen molar-refractivity contribution in [1.29, 1.82) is 0 Å². The van der Waals surface area contributed by atoms with Gasteiger partial charge in [0.05, 0.1) is 19.1 Å². The van der Waals surface area contributed by atoms with Gasteiger partial charge in [-0.1, -0.05) is 0 Å². The Morgan fingerprint density at radius 1 is 1.19 bits per heavy atom. The first-order valence-corrected chi connectivity index (χ1v) is 9.60. The molecule has 0 unspecified atom stereocenters. The number of anilines is 2. The molecule has 0 aliphatic carbocycles. The van der Waals surface area contributed by atoms with Crippen LogP contribution in [0.1, 0.15) is 39.0 Å². The van der Waals surface area contributed by atoms with Crippen molar-refractivity contribution in [2.45, 2.75) is 20.8 Å². The number of aromatic amines is 1. The Labute approximate surface area is 152 Å². The lowest BCUT2D eigenvalue weighted by Crippen LogP contribution is -2.15. The molecule has 1 heterocycles. The maximum absolute atomic E-state index is 12.6. The molecule has 0 saturated heterocycles. The first kappa shape index (κ1) is 19.5. The Bertz CT molecular complexity index is 977. The highest BCUT2D eigenvalue weighted by Gasteiger charge is 2.20. The summed E-state index contributed by atoms with van der Waals surface area (Å²) in [6, 6.07) is 4.58. The first-order chi connectivity index (χ1) is 12.0. The number of benzene rings is 1. The van der Waals surface area contributed by atoms with Crippen molar-refractivity contribution in [2.75, 3.05) is 23.4 Å². The Morgan fingerprint density at radius 2 is 1.85 bits per heavy atom. The average Bonchev–Trinajstić information content (AvgIpc) is 2.81. The fourth-order valence-electron chi connectivity index (χ4n) is 2.76. The molecule has 1 aromatic heterocycles. The van der Waals surface area contributed by atoms with E-state index in [0.717, 1.165) is 6.26 Å². The predicted molar refractivity (Wildman–Crippen MR) is 99.7 cm³/mol. The van der Waals surface area contributed by atoms with Crippen LogP contribution >= 0.6 is 0 Å². The van der Waals surface area contributed by atoms with Gasteiger partial charge in [-0.3, -0.25) is 14.3 Å². The lowest BCUT2D eigenvalue weighted by molar-refractivity contribution is 0.101. The van der Waals surface area contributed by atoms with Gasteiger partial charge < -0.3 is 15.0 Å². The summed E-state index contributed by atoms with van der Waals surface area (Å²) in [5.74, 6) is -0.243. The van der Waals surface area contributed by atoms with Crippen LogP contribution < -0.4 is 14.8 Å². The molecule has 0 aliphatic rings. The fourth-order valence-corrected chi connectivity index (χ4v) is 3.32. The smallest absolute Gasteiger partial charge is 0.272 e. The molecule has 0 atom stereocenters. The number of ether oxygens (including phenoxy) is 1. The second-order valence-electron chi connectivity index (χ2n) is 5.92. The van der Waals surface area contributed by atoms with E-state index in [1.54, 1.807) is 19.9 Å². The molecule has 9 heteroatoms. The van der Waals surface area contributed by atoms with Crippen LogP contribution in [0.4, 0.5) is 11.4 Å². The number of ketones is 1. The van der Waals surface area contributed by atoms with Gasteiger partial charge in [0.1, 0.15) is 11.4 Å². The van der Waals surface area contributed by atoms with Crippen molar-refractivity contribution < 1.29 is 22.7 Å². The maximum atomic E-state index is 12.6. The molecule has 1 amide bonds. The number of hydrogen-bond acceptors (Lipinski definition) is 5. The van der Waals surface area contributed by atoms with Gasteiger partial charge in [-0.05, 0) is 44.5 Å². The summed E-state index contributed by atoms with van der Waals surface area (Å²) in [7, 11) is -2.10. The molecular weight excluding hydrogens is 358 g/mol. The molecule has 8 nitrogen and oxygen atoms in total. The van der Waals surface area contributed by atoms with E-state index in [1.165, 1.54) is 26.2 Å². The molecule has 26 heavy (non-hydrogen) atoms. The van der Waals surface area contributed by atoms with E-state index in [9.17, 15) is 18.0 Å². The monoisotopic (exact) mass is 379 g/mol. The Hall–Kier alpha value is -2.81. The van der Waals surface area contributed by atoms with Crippen molar-refractivity contribution >= 4 is 33.1 Å². The number of carbonyl (C=O) groups excluding carboxylic acids is 2. The van der Waals surface area contributed by atoms with Gasteiger partial charge in [-0.25, -0.2) is 8.42 Å². The first-order valence-electron chi connectivity index (χ1n) is 7.70. The van der Waals surface area contributed by atoms with Gasteiger partial charge in [0.15, 0.2) is 5.78 Å². The number of carbonyl (C=O) groups is 2. The maximum Gasteiger partial charge on any atom is 0.272 e. The second kappa shape index (κ2) is 7.20. The minimum Gasteiger partial charge on any atom is -0.495 e. The zero-order valence-corrected chi connectivity index (χ0v) is 16.0. The number of methoxy groups -OCH3 is 1. The highest BCUT2D eigenvalue weighted by Crippen LogP contribution is 2.29. The molecule has 0 bridgehead atoms. The van der Waals surface area contributed by atoms with Gasteiger partial charge in [0.2, 0.25) is 10.0 Å². The van der Waals surface area contributed by atoms with E-state index in [-0.39, 0.29) is 17.2 Å². The predicted octanol–water partition coefficient (Wildman–Crippen LogP) is 2.47. The number of aryl methyl sites for hydroxylation is 1. The molecular formula is C17H21N3O5S. The average molecular weight is 379 g/mol. The highest BCUT2D eigenvalue weighted by molar-refractivity contribution is 7.92. The van der Waals surface area contributed by atoms with Crippen LogP contribution in [0.3, 0.4) is 0 Å². The van der Waals surface area contributed by atoms with Crippen LogP contribution in [0.5, 0.6) is 5.75 Å². The van der Waals surface area contributed by atoms with Crippen LogP contribution in [-0.2, 0) is 10.0 Å². The number of hydrogen-bond donors (Lipinski definition) is 3. The van der Waals surface area contributed by atoms with Gasteiger partial charge in [0, 0.05) is 16.9 Å². The summed E-state index contributed by atoms with van der Waals surface area (Å²) in [6.45, 7) is 4.86. The Kier molecular flexibility index (Phi) is 5.41. The van der Waals surface area contributed by atoms with E-state index in [4.69, 9.17) is 4.74 Å². The third-order valence-corrected chi connectivity index (χ3v) is 4.36. The van der Waals surface area contributed by atoms with Crippen molar-refractivity contribution in [3.8, 4) is 5.75 Å². The zero-order chi connectivity index (χ0) is 19.6. The molecule has 1 aromatic carbocycles. The summed E-state index contributed by atoms with van der Waals surface area (Å²) in [5, 5.41) is 2.68. The van der Waals surface area contributed by atoms with E-state index in [1.807, 2.05) is 0 Å². The van der Waals surface area contributed by atoms with Crippen LogP contribution in [0.2, 0.25) is 0 Å². The molecule has 140 valence electrons. The molecule has 0 radical (unpaired) electrons. The molecule has 0 spiro atoms. The van der Waals surface area contributed by atoms with E-state index < -0.39 is 15.9 Å². The minimum absolute atomic E-state index is 0.126. The normalized spacial score (nSPS) is 11.1. The summed E-state index contributed by atoms with van der Waals surface area (Å²) >= 11 is 0. The Morgan fingerprint density at radius 3 is 2.35 bits per heavy atom. The fraction of sp³-hybridized carbons (Fsp3) is 0.294. The number of amides is 1. The topological polar surface area (TPSA) is 117 Å². The summed E-state index contributed by atoms with van der Waals surface area (Å²) in [4.78, 5) is 27.2. The summed E-state index contributed by atoms with van der Waals surface area (Å²) < 4.78 is 30.4. The van der Waals surface area contributed by atoms with E-state index in [0.29, 0.717) is 28.3 Å². The molecule has 3 N–H and O–H groups in total. The van der Waals surface area contributed by atoms with Crippen molar-refractivity contribution in [1.82, 2.24) is 4.98 Å². The largest absolute Gasteiger partial charge is 0.495 e. The Balaban J connectivity index is 2.34. The number of Topliss-reactive ketones (excluding diaryl/α,β-unsaturated/α-hetero) is 1. The molecule has 0 fully saturated rings. The third-order valence-electron chi connectivity index (χ3n) is 3.77. The van der Waals surface area contributed by atoms with Gasteiger partial charge >= 0.3 is 0 Å². The van der Waals surface area contributed by atoms with E-state index >= 15 is 0 Å². The summed E-state index contributed by atoms with van der Waals surface area (Å²) in [6.07, 6.45) is 1.02. The number of rotatable bonds is 6. The van der Waals surface area contributed by atoms with E-state index in [2.05, 4.69) is 15.0 Å². The molecule has 0 aliphatic heterocycles. The summed E-state index contributed by atoms with van der Waals surface area (Å²) in [5.41, 5.74) is 2.53. The SMILES string of the molecule is COc1ccc(NC(=O)c2[nH]c(C)c(C(C)=O)c2C)cc1NS(C)(=O)=O. The molecule has 2 rings (SSSR count). The van der Waals surface area contributed by atoms with Crippen LogP contribution in [0, 0.1) is 13.8 Å². The van der Waals surface area contributed by atoms with Crippen molar-refractivity contribution in [3.63, 3.8) is 0 Å². The number of H-pyrrole nitrogens is 1. The molecule has 2 aromatic rings. The van der Waals surface area contributed by atoms with Gasteiger partial charge in [-0.2, -0.15) is 0 Å². The minimum atomic E-state index is -3.51. The highest BCUT2D eigenvalue weighted by atomic mass is 32.2. The lowest BCUT2D eigenvalue weighted by Gasteiger charge is -2.12. The standard InChI is InChI=1S/C17H21N3O5S/c1-9-15(11(3)21)10(2)18-16(9)17(22)19-12-6-7-14(25-4)13(8-12)20-26(5,23)24/h6-8,18,20H,1-5H3,(H,19,22). The van der Waals surface area contributed by atoms with Crippen LogP contribution in [-0.4, -0.2) is 38.5 Å². The van der Waals surface area contributed by atoms with Crippen LogP contribution in [0.25, 0.3) is 0 Å². The van der Waals surface area contributed by atoms with Crippen molar-refractivity contribution in [3.05, 3.63) is 40.7 Å². The number of aromatic nitrogens is 1. The number of nitrogens with one attached hydrogen (secondary N) is 3. The number of sulfonamides is 1. The van der Waals surface area contributed by atoms with Gasteiger partial charge in [-0.15, -0.1) is 0 Å². The lowest BCUT2D eigenvalue weighted by atomic mass is 10.1. The zero-order valence-electron chi connectivity index (χ0n) is 15.2. The van der Waals surface area contributed by atoms with Crippen molar-refractivity contribution in [2.24, 2.45) is 0 Å². The van der Waals surface area contributed by atoms with Gasteiger partial charge in [0.25, 0.3) is 5.91 Å². The quantitative estimate of drug-likeness (QED) is 0.667. The third kappa shape index (κ3) is 4.23. The van der Waals surface area contributed by atoms with Crippen LogP contribution in [0.15, 0.2) is 18.2 Å².